The van der Waals surface area contributed by atoms with Gasteiger partial charge in [0.25, 0.3) is 0 Å². The first-order chi connectivity index (χ1) is 7.51. The van der Waals surface area contributed by atoms with E-state index in [0.717, 1.165) is 6.92 Å². The van der Waals surface area contributed by atoms with Crippen molar-refractivity contribution in [1.29, 1.82) is 0 Å². The molecule has 0 radical (unpaired) electrons. The van der Waals surface area contributed by atoms with Gasteiger partial charge in [-0.15, -0.1) is 0 Å². The van der Waals surface area contributed by atoms with Gasteiger partial charge in [0.15, 0.2) is 5.78 Å². The van der Waals surface area contributed by atoms with Crippen molar-refractivity contribution in [3.63, 3.8) is 0 Å². The minimum absolute atomic E-state index is 0.919. The van der Waals surface area contributed by atoms with Crippen LogP contribution in [0.15, 0.2) is 0 Å². The Balaban J connectivity index is 4.46. The Hall–Kier alpha value is -0.380. The number of carbonyl (C=O) groups excluding carboxylic acids is 1. The number of hydrogen-bond acceptors (Lipinski definition) is 7. The fraction of sp³-hybridized carbons (Fsp3) is 0.857. The van der Waals surface area contributed by atoms with Gasteiger partial charge >= 0.3 is 7.82 Å². The Morgan fingerprint density at radius 2 is 1.88 bits per heavy atom. The van der Waals surface area contributed by atoms with Gasteiger partial charge in [-0.3, -0.25) is 9.32 Å². The Morgan fingerprint density at radius 3 is 2.24 bits per heavy atom. The maximum absolute atomic E-state index is 11.1. The molecule has 102 valence electrons. The van der Waals surface area contributed by atoms with Crippen molar-refractivity contribution in [2.45, 2.75) is 24.7 Å². The Kier molecular flexibility index (Phi) is 5.85. The molecular formula is C7H15O9P. The van der Waals surface area contributed by atoms with Crippen molar-refractivity contribution in [3.8, 4) is 0 Å². The first-order valence-corrected chi connectivity index (χ1v) is 5.96. The fourth-order valence-corrected chi connectivity index (χ4v) is 1.14. The number of rotatable bonds is 7. The molecule has 0 heterocycles. The van der Waals surface area contributed by atoms with Crippen LogP contribution in [-0.4, -0.2) is 67.0 Å². The number of Topliss-reactive ketones (excluding diaryl/α,β-unsaturated/α-hetero) is 1. The number of phosphoric ester groups is 1. The van der Waals surface area contributed by atoms with E-state index in [-0.39, 0.29) is 0 Å². The third-order valence-electron chi connectivity index (χ3n) is 1.96. The zero-order valence-corrected chi connectivity index (χ0v) is 9.82. The molecule has 0 aromatic heterocycles. The van der Waals surface area contributed by atoms with E-state index in [1.54, 1.807) is 0 Å². The van der Waals surface area contributed by atoms with Crippen LogP contribution in [0.2, 0.25) is 0 Å². The smallest absolute Gasteiger partial charge is 0.393 e. The molecule has 0 bridgehead atoms. The van der Waals surface area contributed by atoms with Crippen LogP contribution in [0.4, 0.5) is 0 Å². The summed E-state index contributed by atoms with van der Waals surface area (Å²) in [5, 5.41) is 36.6. The molecule has 9 nitrogen and oxygen atoms in total. The molecule has 10 heteroatoms. The monoisotopic (exact) mass is 274 g/mol. The van der Waals surface area contributed by atoms with Crippen molar-refractivity contribution < 1.29 is 44.1 Å². The van der Waals surface area contributed by atoms with Crippen LogP contribution < -0.4 is 0 Å². The van der Waals surface area contributed by atoms with Crippen molar-refractivity contribution >= 4 is 13.6 Å². The van der Waals surface area contributed by atoms with E-state index in [4.69, 9.17) is 14.9 Å². The zero-order chi connectivity index (χ0) is 13.9. The number of aliphatic hydroxyl groups excluding tert-OH is 3. The first kappa shape index (κ1) is 16.6. The van der Waals surface area contributed by atoms with E-state index < -0.39 is 44.6 Å². The summed E-state index contributed by atoms with van der Waals surface area (Å²) < 4.78 is 14.1. The predicted molar refractivity (Wildman–Crippen MR) is 52.7 cm³/mol. The van der Waals surface area contributed by atoms with Crippen molar-refractivity contribution in [1.82, 2.24) is 0 Å². The van der Waals surface area contributed by atoms with E-state index >= 15 is 0 Å². The summed E-state index contributed by atoms with van der Waals surface area (Å²) in [6.07, 6.45) is -4.15. The van der Waals surface area contributed by atoms with Gasteiger partial charge in [-0.25, -0.2) is 4.57 Å². The Labute approximate surface area is 96.5 Å². The second kappa shape index (κ2) is 5.98. The highest BCUT2D eigenvalue weighted by atomic mass is 31.2. The van der Waals surface area contributed by atoms with E-state index in [2.05, 4.69) is 4.52 Å². The van der Waals surface area contributed by atoms with Crippen molar-refractivity contribution in [3.05, 3.63) is 0 Å². The average Bonchev–Trinajstić information content (AvgIpc) is 2.22. The van der Waals surface area contributed by atoms with Crippen LogP contribution in [0, 0.1) is 0 Å². The lowest BCUT2D eigenvalue weighted by Crippen LogP contribution is -2.52. The third-order valence-corrected chi connectivity index (χ3v) is 2.43. The van der Waals surface area contributed by atoms with Crippen LogP contribution in [0.1, 0.15) is 6.92 Å². The molecule has 0 saturated carbocycles. The number of phosphoric acid groups is 1. The second-order valence-electron chi connectivity index (χ2n) is 3.64. The summed E-state index contributed by atoms with van der Waals surface area (Å²) in [5.41, 5.74) is -2.13. The maximum atomic E-state index is 11.1. The zero-order valence-electron chi connectivity index (χ0n) is 8.92. The number of aliphatic hydroxyl groups is 4. The van der Waals surface area contributed by atoms with Crippen LogP contribution in [0.5, 0.6) is 0 Å². The number of ketones is 1. The quantitative estimate of drug-likeness (QED) is 0.267. The maximum Gasteiger partial charge on any atom is 0.470 e. The van der Waals surface area contributed by atoms with Gasteiger partial charge < -0.3 is 30.2 Å². The normalized spacial score (nSPS) is 19.5. The second-order valence-corrected chi connectivity index (χ2v) is 4.87. The molecule has 0 aliphatic carbocycles. The molecule has 0 amide bonds. The van der Waals surface area contributed by atoms with Crippen LogP contribution >= 0.6 is 7.82 Å². The molecule has 3 unspecified atom stereocenters. The minimum Gasteiger partial charge on any atom is -0.393 e. The lowest BCUT2D eigenvalue weighted by Gasteiger charge is -2.29. The highest BCUT2D eigenvalue weighted by molar-refractivity contribution is 7.46. The Morgan fingerprint density at radius 1 is 1.41 bits per heavy atom. The molecular weight excluding hydrogens is 259 g/mol. The predicted octanol–water partition coefficient (Wildman–Crippen LogP) is -2.87. The first-order valence-electron chi connectivity index (χ1n) is 4.43. The summed E-state index contributed by atoms with van der Waals surface area (Å²) in [6.45, 7) is -1.08. The fourth-order valence-electron chi connectivity index (χ4n) is 0.843. The molecule has 0 rings (SSSR count). The molecule has 0 fully saturated rings. The van der Waals surface area contributed by atoms with Gasteiger partial charge in [-0.1, -0.05) is 0 Å². The number of carbonyl (C=O) groups is 1. The molecule has 6 N–H and O–H groups in total. The van der Waals surface area contributed by atoms with E-state index in [0.29, 0.717) is 0 Å². The summed E-state index contributed by atoms with van der Waals surface area (Å²) in [4.78, 5) is 27.7. The molecule has 3 atom stereocenters. The summed E-state index contributed by atoms with van der Waals surface area (Å²) in [6, 6.07) is 0. The highest BCUT2D eigenvalue weighted by Gasteiger charge is 2.38. The van der Waals surface area contributed by atoms with Crippen LogP contribution in [0.25, 0.3) is 0 Å². The van der Waals surface area contributed by atoms with E-state index in [1.165, 1.54) is 0 Å². The highest BCUT2D eigenvalue weighted by Crippen LogP contribution is 2.35. The van der Waals surface area contributed by atoms with Crippen LogP contribution in [0.3, 0.4) is 0 Å². The summed E-state index contributed by atoms with van der Waals surface area (Å²) in [5.74, 6) is -1.24. The van der Waals surface area contributed by atoms with Gasteiger partial charge in [-0.05, 0) is 6.92 Å². The lowest BCUT2D eigenvalue weighted by atomic mass is 9.93. The largest absolute Gasteiger partial charge is 0.470 e. The molecule has 0 saturated heterocycles. The molecule has 0 aliphatic heterocycles. The minimum atomic E-state index is -4.86. The summed E-state index contributed by atoms with van der Waals surface area (Å²) in [7, 11) is -4.86. The standard InChI is InChI=1S/C7H15O9P/c1-7(12,3-8)6(11)5(10)4(9)2-16-17(13,14)15/h5-6,8,10-12H,2-3H2,1H3,(H2,13,14,15). The molecule has 0 aromatic rings. The molecule has 0 aliphatic rings. The van der Waals surface area contributed by atoms with E-state index in [9.17, 15) is 24.7 Å². The third kappa shape index (κ3) is 5.66. The van der Waals surface area contributed by atoms with Gasteiger partial charge in [0.1, 0.15) is 24.4 Å². The average molecular weight is 274 g/mol. The molecule has 0 spiro atoms. The SMILES string of the molecule is CC(O)(CO)C(O)C(O)C(=O)COP(=O)(O)O. The molecule has 17 heavy (non-hydrogen) atoms. The lowest BCUT2D eigenvalue weighted by molar-refractivity contribution is -0.158. The van der Waals surface area contributed by atoms with Crippen molar-refractivity contribution in [2.75, 3.05) is 13.2 Å². The van der Waals surface area contributed by atoms with Gasteiger partial charge in [-0.2, -0.15) is 0 Å². The van der Waals surface area contributed by atoms with Gasteiger partial charge in [0.05, 0.1) is 6.61 Å². The number of hydrogen-bond donors (Lipinski definition) is 6. The van der Waals surface area contributed by atoms with Gasteiger partial charge in [0, 0.05) is 0 Å². The molecule has 0 aromatic carbocycles. The van der Waals surface area contributed by atoms with Crippen LogP contribution in [-0.2, 0) is 13.9 Å². The Bertz CT molecular complexity index is 308. The van der Waals surface area contributed by atoms with Gasteiger partial charge in [0.2, 0.25) is 0 Å². The van der Waals surface area contributed by atoms with E-state index in [1.807, 2.05) is 0 Å². The van der Waals surface area contributed by atoms with Crippen molar-refractivity contribution in [2.24, 2.45) is 0 Å². The topological polar surface area (TPSA) is 165 Å². The summed E-state index contributed by atoms with van der Waals surface area (Å²) >= 11 is 0.